The zero-order valence-corrected chi connectivity index (χ0v) is 34.8. The molecule has 0 saturated carbocycles. The second-order valence-corrected chi connectivity index (χ2v) is 17.2. The van der Waals surface area contributed by atoms with Gasteiger partial charge in [-0.3, -0.25) is 4.79 Å². The minimum Gasteiger partial charge on any atom is -0.479 e. The van der Waals surface area contributed by atoms with Gasteiger partial charge in [-0.05, 0) is 27.2 Å². The highest BCUT2D eigenvalue weighted by molar-refractivity contribution is 5.81. The minimum absolute atomic E-state index is 0.186. The van der Waals surface area contributed by atoms with Crippen molar-refractivity contribution in [2.45, 2.75) is 138 Å². The molecule has 0 bridgehead atoms. The third-order valence-electron chi connectivity index (χ3n) is 12.5. The molecule has 23 nitrogen and oxygen atoms in total. The maximum absolute atomic E-state index is 12.9. The first kappa shape index (κ1) is 51.1. The number of Topliss-reactive ketones (excluding diaryl/α,β-unsaturated/α-hetero) is 1. The van der Waals surface area contributed by atoms with Crippen molar-refractivity contribution in [1.29, 1.82) is 0 Å². The lowest BCUT2D eigenvalue weighted by Crippen LogP contribution is -2.66. The molecule has 0 aromatic carbocycles. The van der Waals surface area contributed by atoms with Crippen LogP contribution >= 0.6 is 0 Å². The Kier molecular flexibility index (Phi) is 17.2. The third-order valence-corrected chi connectivity index (χ3v) is 12.5. The van der Waals surface area contributed by atoms with Crippen LogP contribution in [0.2, 0.25) is 0 Å². The summed E-state index contributed by atoms with van der Waals surface area (Å²) in [6.45, 7) is 3.21. The van der Waals surface area contributed by atoms with Gasteiger partial charge in [0.2, 0.25) is 0 Å². The van der Waals surface area contributed by atoms with Gasteiger partial charge in [-0.25, -0.2) is 14.4 Å². The zero-order valence-electron chi connectivity index (χ0n) is 34.8. The molecule has 4 aliphatic heterocycles. The van der Waals surface area contributed by atoms with Crippen molar-refractivity contribution in [3.63, 3.8) is 0 Å². The van der Waals surface area contributed by atoms with Crippen LogP contribution in [0.25, 0.3) is 0 Å². The van der Waals surface area contributed by atoms with Gasteiger partial charge >= 0.3 is 17.9 Å². The van der Waals surface area contributed by atoms with E-state index in [0.717, 1.165) is 6.92 Å². The number of ketones is 1. The largest absolute Gasteiger partial charge is 0.479 e. The Bertz CT molecular complexity index is 1520. The van der Waals surface area contributed by atoms with Gasteiger partial charge in [0.15, 0.2) is 24.1 Å². The van der Waals surface area contributed by atoms with Gasteiger partial charge in [0.1, 0.15) is 53.9 Å². The fourth-order valence-corrected chi connectivity index (χ4v) is 8.80. The van der Waals surface area contributed by atoms with Gasteiger partial charge in [-0.2, -0.15) is 0 Å². The first-order valence-corrected chi connectivity index (χ1v) is 19.9. The van der Waals surface area contributed by atoms with Gasteiger partial charge in [-0.15, -0.1) is 0 Å². The molecule has 20 unspecified atom stereocenters. The van der Waals surface area contributed by atoms with E-state index in [0.29, 0.717) is 0 Å². The number of carbonyl (C=O) groups excluding carboxylic acids is 1. The lowest BCUT2D eigenvalue weighted by atomic mass is 9.72. The van der Waals surface area contributed by atoms with Crippen molar-refractivity contribution in [3.8, 4) is 0 Å². The van der Waals surface area contributed by atoms with E-state index in [2.05, 4.69) is 0 Å². The molecule has 0 amide bonds. The number of methoxy groups -OCH3 is 1. The van der Waals surface area contributed by atoms with Crippen LogP contribution in [-0.2, 0) is 57.1 Å². The number of ether oxygens (including phenoxy) is 8. The van der Waals surface area contributed by atoms with Crippen LogP contribution in [0.15, 0.2) is 0 Å². The molecule has 0 aliphatic carbocycles. The molecular weight excluding hydrogens is 824 g/mol. The summed E-state index contributed by atoms with van der Waals surface area (Å²) in [4.78, 5) is 49.1. The second-order valence-electron chi connectivity index (χ2n) is 17.2. The van der Waals surface area contributed by atoms with E-state index in [-0.39, 0.29) is 13.0 Å². The van der Waals surface area contributed by atoms with E-state index in [4.69, 9.17) is 37.9 Å². The summed E-state index contributed by atoms with van der Waals surface area (Å²) in [6.07, 6.45) is -22.2. The van der Waals surface area contributed by atoms with Crippen LogP contribution in [0.1, 0.15) is 41.0 Å². The van der Waals surface area contributed by atoms with E-state index in [9.17, 15) is 75.3 Å². The normalized spacial score (nSPS) is 45.6. The Morgan fingerprint density at radius 1 is 0.541 bits per heavy atom. The lowest BCUT2D eigenvalue weighted by molar-refractivity contribution is -0.281. The summed E-state index contributed by atoms with van der Waals surface area (Å²) in [7, 11) is 1.31. The Hall–Kier alpha value is -2.56. The molecule has 4 saturated heterocycles. The molecule has 4 fully saturated rings. The molecule has 4 rings (SSSR count). The highest BCUT2D eigenvalue weighted by Crippen LogP contribution is 2.41. The zero-order chi connectivity index (χ0) is 45.9. The minimum atomic E-state index is -1.93. The van der Waals surface area contributed by atoms with Gasteiger partial charge in [-0.1, -0.05) is 13.8 Å². The molecule has 4 heterocycles. The molecule has 11 N–H and O–H groups in total. The maximum Gasteiger partial charge on any atom is 0.333 e. The molecule has 0 spiro atoms. The summed E-state index contributed by atoms with van der Waals surface area (Å²) in [6, 6.07) is 0. The van der Waals surface area contributed by atoms with Gasteiger partial charge in [0.25, 0.3) is 0 Å². The average Bonchev–Trinajstić information content (AvgIpc) is 3.18. The van der Waals surface area contributed by atoms with Crippen molar-refractivity contribution in [3.05, 3.63) is 0 Å². The monoisotopic (exact) mass is 886 g/mol. The van der Waals surface area contributed by atoms with Gasteiger partial charge in [0, 0.05) is 24.9 Å². The number of aliphatic carboxylic acids is 3. The van der Waals surface area contributed by atoms with E-state index < -0.39 is 183 Å². The van der Waals surface area contributed by atoms with E-state index >= 15 is 0 Å². The van der Waals surface area contributed by atoms with Crippen LogP contribution in [0.3, 0.4) is 0 Å². The fraction of sp³-hybridized carbons (Fsp3) is 0.895. The van der Waals surface area contributed by atoms with Crippen LogP contribution in [-0.4, -0.2) is 230 Å². The smallest absolute Gasteiger partial charge is 0.333 e. The molecule has 4 aliphatic rings. The number of carboxylic acids is 3. The molecule has 352 valence electrons. The number of aliphatic hydroxyl groups excluding tert-OH is 8. The van der Waals surface area contributed by atoms with E-state index in [1.165, 1.54) is 27.9 Å². The van der Waals surface area contributed by atoms with Crippen molar-refractivity contribution in [2.75, 3.05) is 53.4 Å². The average molecular weight is 887 g/mol. The van der Waals surface area contributed by atoms with E-state index in [1.807, 2.05) is 0 Å². The summed E-state index contributed by atoms with van der Waals surface area (Å²) >= 11 is 0. The molecule has 61 heavy (non-hydrogen) atoms. The van der Waals surface area contributed by atoms with Crippen LogP contribution < -0.4 is 0 Å². The predicted molar refractivity (Wildman–Crippen MR) is 199 cm³/mol. The Morgan fingerprint density at radius 3 is 1.43 bits per heavy atom. The predicted octanol–water partition coefficient (Wildman–Crippen LogP) is -4.47. The second kappa shape index (κ2) is 20.5. The highest BCUT2D eigenvalue weighted by atomic mass is 16.6. The van der Waals surface area contributed by atoms with Crippen molar-refractivity contribution in [1.82, 2.24) is 0 Å². The number of aliphatic hydroxyl groups is 8. The topological polar surface area (TPSA) is 365 Å². The summed E-state index contributed by atoms with van der Waals surface area (Å²) < 4.78 is 44.7. The summed E-state index contributed by atoms with van der Waals surface area (Å²) in [5.74, 6) is -8.62. The van der Waals surface area contributed by atoms with Crippen LogP contribution in [0.4, 0.5) is 0 Å². The Balaban J connectivity index is 1.37. The highest BCUT2D eigenvalue weighted by Gasteiger charge is 2.58. The standard InChI is InChI=1S/C38H62O23/c1-7-16-21(40)24(43)19(58-26(16)33(48)49)10-55-8-18-23(42)31(47)38(5,61-28(18)35(52)53)14-57-12-36(3)29(45)25(44)20(59-32(36)15(2)39)11-56-9-17-22(41)30(46)37(4,13-54-6)60-27(17)34(50)51/h16-32,40-47H,7-14H2,1-6H3,(H,48,49)(H,50,51)(H,52,53). The van der Waals surface area contributed by atoms with Crippen molar-refractivity contribution >= 4 is 23.7 Å². The fourth-order valence-electron chi connectivity index (χ4n) is 8.80. The molecule has 0 aromatic rings. The van der Waals surface area contributed by atoms with Crippen molar-refractivity contribution < 1.29 is 113 Å². The number of carbonyl (C=O) groups is 4. The quantitative estimate of drug-likeness (QED) is 0.0582. The Labute approximate surface area is 351 Å². The lowest BCUT2D eigenvalue weighted by Gasteiger charge is -2.50. The maximum atomic E-state index is 12.9. The Morgan fingerprint density at radius 2 is 1.00 bits per heavy atom. The number of rotatable bonds is 19. The third kappa shape index (κ3) is 10.5. The molecule has 20 atom stereocenters. The number of hydrogen-bond acceptors (Lipinski definition) is 20. The van der Waals surface area contributed by atoms with E-state index in [1.54, 1.807) is 6.92 Å². The van der Waals surface area contributed by atoms with Crippen LogP contribution in [0, 0.1) is 23.2 Å². The molecular formula is C38H62O23. The summed E-state index contributed by atoms with van der Waals surface area (Å²) in [5, 5.41) is 117. The number of hydrogen-bond donors (Lipinski definition) is 11. The molecule has 23 heteroatoms. The first-order chi connectivity index (χ1) is 28.4. The van der Waals surface area contributed by atoms with Crippen molar-refractivity contribution in [2.24, 2.45) is 23.2 Å². The molecule has 0 aromatic heterocycles. The number of carboxylic acid groups (broad SMARTS) is 3. The van der Waals surface area contributed by atoms with Gasteiger partial charge in [0.05, 0.1) is 76.1 Å². The molecule has 0 radical (unpaired) electrons. The van der Waals surface area contributed by atoms with Gasteiger partial charge < -0.3 is 94.1 Å². The van der Waals surface area contributed by atoms with Crippen LogP contribution in [0.5, 0.6) is 0 Å². The summed E-state index contributed by atoms with van der Waals surface area (Å²) in [5.41, 5.74) is -5.18. The SMILES string of the molecule is CCC1C(C(=O)O)OC(COCC2C(C(=O)O)OC(C)(COCC3(C)C(C(C)=O)OC(COCC4C(C(=O)O)OC(C)(COC)C(O)C4O)C(O)C3O)C(O)C2O)C(O)C1O. The first-order valence-electron chi connectivity index (χ1n) is 19.9.